The molecule has 0 aliphatic heterocycles. The van der Waals surface area contributed by atoms with Crippen LogP contribution in [0.4, 0.5) is 5.69 Å². The van der Waals surface area contributed by atoms with Crippen LogP contribution in [0.2, 0.25) is 0 Å². The van der Waals surface area contributed by atoms with Gasteiger partial charge in [-0.1, -0.05) is 42.5 Å². The Morgan fingerprint density at radius 1 is 1.07 bits per heavy atom. The molecule has 1 N–H and O–H groups in total. The smallest absolute Gasteiger partial charge is 0.224 e. The number of hydrogen-bond donors (Lipinski definition) is 1. The van der Waals surface area contributed by atoms with Gasteiger partial charge in [0.2, 0.25) is 5.91 Å². The van der Waals surface area contributed by atoms with Crippen LogP contribution < -0.4 is 5.32 Å². The lowest BCUT2D eigenvalue weighted by atomic mass is 10.0. The van der Waals surface area contributed by atoms with Crippen molar-refractivity contribution in [2.45, 2.75) is 39.7 Å². The molecular weight excluding hydrogens is 376 g/mol. The molecule has 0 bridgehead atoms. The molecule has 0 saturated heterocycles. The minimum absolute atomic E-state index is 0.0808. The standard InChI is InChI=1S/C24H24N4O2/c1-17-22(18(2)28(27-17)15-7-14-25)12-13-23(29)26-21-11-6-10-20(16-21)24(30)19-8-4-3-5-9-19/h3-6,8-11,16H,7,12-13,15H2,1-2H3,(H,26,29). The maximum atomic E-state index is 12.6. The number of aromatic nitrogens is 2. The van der Waals surface area contributed by atoms with Crippen LogP contribution in [0.25, 0.3) is 0 Å². The van der Waals surface area contributed by atoms with E-state index in [4.69, 9.17) is 5.26 Å². The second kappa shape index (κ2) is 9.66. The van der Waals surface area contributed by atoms with Crippen LogP contribution in [0, 0.1) is 25.2 Å². The third-order valence-electron chi connectivity index (χ3n) is 5.01. The van der Waals surface area contributed by atoms with Crippen molar-refractivity contribution in [3.8, 4) is 6.07 Å². The van der Waals surface area contributed by atoms with E-state index >= 15 is 0 Å². The van der Waals surface area contributed by atoms with E-state index in [-0.39, 0.29) is 11.7 Å². The molecule has 0 saturated carbocycles. The zero-order valence-electron chi connectivity index (χ0n) is 17.2. The molecule has 0 atom stereocenters. The van der Waals surface area contributed by atoms with Crippen molar-refractivity contribution < 1.29 is 9.59 Å². The van der Waals surface area contributed by atoms with Gasteiger partial charge < -0.3 is 5.32 Å². The van der Waals surface area contributed by atoms with Crippen molar-refractivity contribution in [1.29, 1.82) is 5.26 Å². The zero-order valence-corrected chi connectivity index (χ0v) is 17.2. The SMILES string of the molecule is Cc1nn(CCC#N)c(C)c1CCC(=O)Nc1cccc(C(=O)c2ccccc2)c1. The molecule has 152 valence electrons. The van der Waals surface area contributed by atoms with Crippen molar-refractivity contribution in [2.24, 2.45) is 0 Å². The van der Waals surface area contributed by atoms with Gasteiger partial charge in [0.15, 0.2) is 5.78 Å². The molecule has 3 aromatic rings. The molecule has 2 aromatic carbocycles. The number of nitrogens with one attached hydrogen (secondary N) is 1. The lowest BCUT2D eigenvalue weighted by Crippen LogP contribution is -2.13. The minimum atomic E-state index is -0.122. The van der Waals surface area contributed by atoms with Gasteiger partial charge in [-0.3, -0.25) is 14.3 Å². The summed E-state index contributed by atoms with van der Waals surface area (Å²) in [5, 5.41) is 16.1. The fraction of sp³-hybridized carbons (Fsp3) is 0.250. The highest BCUT2D eigenvalue weighted by Gasteiger charge is 2.14. The molecule has 0 spiro atoms. The molecule has 6 nitrogen and oxygen atoms in total. The molecule has 0 unspecified atom stereocenters. The average molecular weight is 400 g/mol. The van der Waals surface area contributed by atoms with Crippen LogP contribution in [-0.2, 0) is 17.8 Å². The van der Waals surface area contributed by atoms with Crippen LogP contribution in [0.15, 0.2) is 54.6 Å². The summed E-state index contributed by atoms with van der Waals surface area (Å²) in [6.45, 7) is 4.43. The van der Waals surface area contributed by atoms with Gasteiger partial charge in [-0.2, -0.15) is 10.4 Å². The third kappa shape index (κ3) is 5.00. The Labute approximate surface area is 176 Å². The predicted molar refractivity (Wildman–Crippen MR) is 115 cm³/mol. The molecule has 0 fully saturated rings. The maximum absolute atomic E-state index is 12.6. The number of anilines is 1. The molecule has 1 aromatic heterocycles. The van der Waals surface area contributed by atoms with E-state index in [0.717, 1.165) is 17.0 Å². The molecule has 0 aliphatic carbocycles. The molecule has 0 radical (unpaired) electrons. The number of nitriles is 1. The van der Waals surface area contributed by atoms with Crippen molar-refractivity contribution >= 4 is 17.4 Å². The highest BCUT2D eigenvalue weighted by atomic mass is 16.1. The number of amides is 1. The van der Waals surface area contributed by atoms with Gasteiger partial charge in [0, 0.05) is 28.9 Å². The second-order valence-electron chi connectivity index (χ2n) is 7.10. The van der Waals surface area contributed by atoms with Crippen molar-refractivity contribution in [3.63, 3.8) is 0 Å². The van der Waals surface area contributed by atoms with E-state index in [1.54, 1.807) is 36.4 Å². The number of rotatable bonds is 8. The quantitative estimate of drug-likeness (QED) is 0.574. The normalized spacial score (nSPS) is 10.4. The van der Waals surface area contributed by atoms with Gasteiger partial charge in [-0.05, 0) is 38.0 Å². The third-order valence-corrected chi connectivity index (χ3v) is 5.01. The van der Waals surface area contributed by atoms with Gasteiger partial charge in [0.1, 0.15) is 0 Å². The second-order valence-corrected chi connectivity index (χ2v) is 7.10. The highest BCUT2D eigenvalue weighted by Crippen LogP contribution is 2.18. The van der Waals surface area contributed by atoms with E-state index < -0.39 is 0 Å². The van der Waals surface area contributed by atoms with Gasteiger partial charge in [0.25, 0.3) is 0 Å². The molecule has 0 aliphatic rings. The summed E-state index contributed by atoms with van der Waals surface area (Å²) < 4.78 is 1.82. The monoisotopic (exact) mass is 400 g/mol. The van der Waals surface area contributed by atoms with Crippen molar-refractivity contribution in [1.82, 2.24) is 9.78 Å². The van der Waals surface area contributed by atoms with E-state index in [1.165, 1.54) is 0 Å². The van der Waals surface area contributed by atoms with Crippen molar-refractivity contribution in [3.05, 3.63) is 82.7 Å². The first-order valence-corrected chi connectivity index (χ1v) is 9.89. The van der Waals surface area contributed by atoms with Crippen LogP contribution in [0.1, 0.15) is 45.7 Å². The van der Waals surface area contributed by atoms with Crippen LogP contribution in [0.5, 0.6) is 0 Å². The Bertz CT molecular complexity index is 1090. The lowest BCUT2D eigenvalue weighted by Gasteiger charge is -2.08. The molecule has 1 heterocycles. The summed E-state index contributed by atoms with van der Waals surface area (Å²) in [6.07, 6.45) is 1.28. The number of ketones is 1. The Morgan fingerprint density at radius 3 is 2.53 bits per heavy atom. The summed E-state index contributed by atoms with van der Waals surface area (Å²) >= 11 is 0. The van der Waals surface area contributed by atoms with Crippen LogP contribution >= 0.6 is 0 Å². The van der Waals surface area contributed by atoms with E-state index in [1.807, 2.05) is 36.7 Å². The molecule has 6 heteroatoms. The highest BCUT2D eigenvalue weighted by molar-refractivity contribution is 6.09. The van der Waals surface area contributed by atoms with Gasteiger partial charge in [-0.15, -0.1) is 0 Å². The summed E-state index contributed by atoms with van der Waals surface area (Å²) in [7, 11) is 0. The van der Waals surface area contributed by atoms with Crippen LogP contribution in [0.3, 0.4) is 0 Å². The fourth-order valence-corrected chi connectivity index (χ4v) is 3.43. The number of carbonyl (C=O) groups excluding carboxylic acids is 2. The minimum Gasteiger partial charge on any atom is -0.326 e. The van der Waals surface area contributed by atoms with E-state index in [9.17, 15) is 9.59 Å². The fourth-order valence-electron chi connectivity index (χ4n) is 3.43. The summed E-state index contributed by atoms with van der Waals surface area (Å²) in [5.74, 6) is -0.203. The maximum Gasteiger partial charge on any atom is 0.224 e. The average Bonchev–Trinajstić information content (AvgIpc) is 3.03. The topological polar surface area (TPSA) is 87.8 Å². The van der Waals surface area contributed by atoms with E-state index in [2.05, 4.69) is 16.5 Å². The number of benzene rings is 2. The molecule has 3 rings (SSSR count). The Balaban J connectivity index is 1.63. The largest absolute Gasteiger partial charge is 0.326 e. The van der Waals surface area contributed by atoms with E-state index in [0.29, 0.717) is 42.6 Å². The molecule has 1 amide bonds. The predicted octanol–water partition coefficient (Wildman–Crippen LogP) is 4.22. The summed E-state index contributed by atoms with van der Waals surface area (Å²) in [6, 6.07) is 18.2. The summed E-state index contributed by atoms with van der Waals surface area (Å²) in [5.41, 5.74) is 4.65. The van der Waals surface area contributed by atoms with Crippen LogP contribution in [-0.4, -0.2) is 21.5 Å². The first-order chi connectivity index (χ1) is 14.5. The number of nitrogens with zero attached hydrogens (tertiary/aromatic N) is 3. The Hall–Kier alpha value is -3.72. The number of hydrogen-bond acceptors (Lipinski definition) is 4. The van der Waals surface area contributed by atoms with Gasteiger partial charge in [-0.25, -0.2) is 0 Å². The Morgan fingerprint density at radius 2 is 1.80 bits per heavy atom. The molecule has 30 heavy (non-hydrogen) atoms. The van der Waals surface area contributed by atoms with Gasteiger partial charge >= 0.3 is 0 Å². The number of aryl methyl sites for hydroxylation is 2. The first-order valence-electron chi connectivity index (χ1n) is 9.89. The Kier molecular flexibility index (Phi) is 6.76. The zero-order chi connectivity index (χ0) is 21.5. The number of carbonyl (C=O) groups is 2. The first kappa shape index (κ1) is 21.0. The molecular formula is C24H24N4O2. The lowest BCUT2D eigenvalue weighted by molar-refractivity contribution is -0.116. The van der Waals surface area contributed by atoms with Crippen molar-refractivity contribution in [2.75, 3.05) is 5.32 Å². The van der Waals surface area contributed by atoms with Gasteiger partial charge in [0.05, 0.1) is 24.7 Å². The summed E-state index contributed by atoms with van der Waals surface area (Å²) in [4.78, 5) is 25.1.